The van der Waals surface area contributed by atoms with Crippen molar-refractivity contribution in [2.75, 3.05) is 0 Å². The zero-order valence-electron chi connectivity index (χ0n) is 11.2. The molecule has 0 bridgehead atoms. The number of para-hydroxylation sites is 1. The molecule has 0 amide bonds. The minimum atomic E-state index is -0.170. The molecule has 0 radical (unpaired) electrons. The van der Waals surface area contributed by atoms with Gasteiger partial charge in [0.1, 0.15) is 5.76 Å². The molecule has 3 rings (SSSR count). The number of hydrazine groups is 1. The third kappa shape index (κ3) is 2.13. The van der Waals surface area contributed by atoms with E-state index in [1.807, 2.05) is 54.1 Å². The molecule has 20 heavy (non-hydrogen) atoms. The minimum absolute atomic E-state index is 0.170. The van der Waals surface area contributed by atoms with Crippen molar-refractivity contribution in [2.45, 2.75) is 13.0 Å². The van der Waals surface area contributed by atoms with E-state index in [9.17, 15) is 0 Å². The lowest BCUT2D eigenvalue weighted by Gasteiger charge is -2.17. The number of hydrogen-bond donors (Lipinski definition) is 2. The summed E-state index contributed by atoms with van der Waals surface area (Å²) in [5, 5.41) is 4.39. The van der Waals surface area contributed by atoms with Gasteiger partial charge in [0.2, 0.25) is 0 Å². The Morgan fingerprint density at radius 2 is 2.00 bits per heavy atom. The van der Waals surface area contributed by atoms with Gasteiger partial charge in [-0.3, -0.25) is 5.84 Å². The van der Waals surface area contributed by atoms with Crippen LogP contribution in [-0.4, -0.2) is 9.78 Å². The van der Waals surface area contributed by atoms with Crippen molar-refractivity contribution < 1.29 is 4.42 Å². The summed E-state index contributed by atoms with van der Waals surface area (Å²) in [5.41, 5.74) is 5.80. The molecular formula is C15H16N4O. The van der Waals surface area contributed by atoms with E-state index in [-0.39, 0.29) is 6.04 Å². The van der Waals surface area contributed by atoms with Gasteiger partial charge in [0, 0.05) is 11.8 Å². The van der Waals surface area contributed by atoms with Gasteiger partial charge >= 0.3 is 0 Å². The average Bonchev–Trinajstić information content (AvgIpc) is 3.11. The van der Waals surface area contributed by atoms with Gasteiger partial charge in [-0.05, 0) is 31.2 Å². The Hall–Kier alpha value is -2.37. The van der Waals surface area contributed by atoms with Crippen molar-refractivity contribution in [2.24, 2.45) is 5.84 Å². The zero-order chi connectivity index (χ0) is 13.9. The predicted octanol–water partition coefficient (Wildman–Crippen LogP) is 2.33. The van der Waals surface area contributed by atoms with Crippen LogP contribution in [0.3, 0.4) is 0 Å². The standard InChI is InChI=1S/C15H16N4O/c1-11-13(8-10-20-11)15(18-16)14-7-9-17-19(14)12-5-3-2-4-6-12/h2-10,15,18H,16H2,1H3. The summed E-state index contributed by atoms with van der Waals surface area (Å²) < 4.78 is 7.24. The molecule has 5 heteroatoms. The highest BCUT2D eigenvalue weighted by molar-refractivity contribution is 5.36. The molecule has 2 heterocycles. The Kier molecular flexibility index (Phi) is 3.37. The molecule has 0 aliphatic heterocycles. The van der Waals surface area contributed by atoms with Crippen molar-refractivity contribution in [3.8, 4) is 5.69 Å². The summed E-state index contributed by atoms with van der Waals surface area (Å²) in [4.78, 5) is 0. The van der Waals surface area contributed by atoms with Crippen molar-refractivity contribution in [3.63, 3.8) is 0 Å². The van der Waals surface area contributed by atoms with Crippen molar-refractivity contribution in [1.82, 2.24) is 15.2 Å². The molecular weight excluding hydrogens is 252 g/mol. The van der Waals surface area contributed by atoms with E-state index in [1.54, 1.807) is 12.5 Å². The van der Waals surface area contributed by atoms with Crippen LogP contribution in [0, 0.1) is 6.92 Å². The number of rotatable bonds is 4. The molecule has 5 nitrogen and oxygen atoms in total. The van der Waals surface area contributed by atoms with Gasteiger partial charge in [-0.25, -0.2) is 10.1 Å². The Morgan fingerprint density at radius 1 is 1.20 bits per heavy atom. The number of furan rings is 1. The lowest BCUT2D eigenvalue weighted by molar-refractivity contribution is 0.516. The quantitative estimate of drug-likeness (QED) is 0.563. The maximum atomic E-state index is 5.74. The third-order valence-electron chi connectivity index (χ3n) is 3.35. The van der Waals surface area contributed by atoms with Crippen molar-refractivity contribution in [1.29, 1.82) is 0 Å². The van der Waals surface area contributed by atoms with E-state index in [0.717, 1.165) is 22.7 Å². The van der Waals surface area contributed by atoms with Gasteiger partial charge < -0.3 is 4.42 Å². The molecule has 1 unspecified atom stereocenters. The highest BCUT2D eigenvalue weighted by Gasteiger charge is 2.20. The van der Waals surface area contributed by atoms with E-state index < -0.39 is 0 Å². The number of nitrogens with two attached hydrogens (primary N) is 1. The van der Waals surface area contributed by atoms with Crippen LogP contribution in [0.4, 0.5) is 0 Å². The Balaban J connectivity index is 2.07. The predicted molar refractivity (Wildman–Crippen MR) is 76.2 cm³/mol. The summed E-state index contributed by atoms with van der Waals surface area (Å²) in [6.07, 6.45) is 3.43. The van der Waals surface area contributed by atoms with E-state index in [2.05, 4.69) is 10.5 Å². The van der Waals surface area contributed by atoms with Crippen LogP contribution in [0.2, 0.25) is 0 Å². The molecule has 1 atom stereocenters. The number of aryl methyl sites for hydroxylation is 1. The van der Waals surface area contributed by atoms with Gasteiger partial charge in [0.25, 0.3) is 0 Å². The monoisotopic (exact) mass is 268 g/mol. The Labute approximate surface area is 117 Å². The molecule has 2 aromatic heterocycles. The first-order chi connectivity index (χ1) is 9.81. The molecule has 0 saturated heterocycles. The number of nitrogens with zero attached hydrogens (tertiary/aromatic N) is 2. The van der Waals surface area contributed by atoms with Crippen LogP contribution in [0.25, 0.3) is 5.69 Å². The summed E-state index contributed by atoms with van der Waals surface area (Å²) in [6.45, 7) is 1.92. The third-order valence-corrected chi connectivity index (χ3v) is 3.35. The fourth-order valence-corrected chi connectivity index (χ4v) is 2.35. The van der Waals surface area contributed by atoms with Crippen LogP contribution in [0.15, 0.2) is 59.3 Å². The van der Waals surface area contributed by atoms with Gasteiger partial charge in [0.05, 0.1) is 23.7 Å². The average molecular weight is 268 g/mol. The molecule has 0 aliphatic rings. The SMILES string of the molecule is Cc1occc1C(NN)c1ccnn1-c1ccccc1. The fourth-order valence-electron chi connectivity index (χ4n) is 2.35. The molecule has 3 aromatic rings. The van der Waals surface area contributed by atoms with E-state index in [0.29, 0.717) is 0 Å². The second kappa shape index (κ2) is 5.32. The minimum Gasteiger partial charge on any atom is -0.469 e. The van der Waals surface area contributed by atoms with Crippen LogP contribution in [-0.2, 0) is 0 Å². The highest BCUT2D eigenvalue weighted by Crippen LogP contribution is 2.26. The number of aromatic nitrogens is 2. The van der Waals surface area contributed by atoms with Gasteiger partial charge in [-0.15, -0.1) is 0 Å². The second-order valence-corrected chi connectivity index (χ2v) is 4.54. The summed E-state index contributed by atoms with van der Waals surface area (Å²) in [5.74, 6) is 6.58. The van der Waals surface area contributed by atoms with Crippen LogP contribution in [0.5, 0.6) is 0 Å². The topological polar surface area (TPSA) is 69.0 Å². The van der Waals surface area contributed by atoms with Gasteiger partial charge in [-0.1, -0.05) is 18.2 Å². The summed E-state index contributed by atoms with van der Waals surface area (Å²) in [7, 11) is 0. The molecule has 0 saturated carbocycles. The fraction of sp³-hybridized carbons (Fsp3) is 0.133. The Bertz CT molecular complexity index is 687. The first-order valence-electron chi connectivity index (χ1n) is 6.40. The molecule has 102 valence electrons. The first kappa shape index (κ1) is 12.7. The number of hydrogen-bond acceptors (Lipinski definition) is 4. The van der Waals surface area contributed by atoms with E-state index >= 15 is 0 Å². The maximum absolute atomic E-state index is 5.74. The van der Waals surface area contributed by atoms with Gasteiger partial charge in [-0.2, -0.15) is 5.10 Å². The van der Waals surface area contributed by atoms with Crippen molar-refractivity contribution in [3.05, 3.63) is 71.9 Å². The smallest absolute Gasteiger partial charge is 0.105 e. The largest absolute Gasteiger partial charge is 0.469 e. The van der Waals surface area contributed by atoms with E-state index in [1.165, 1.54) is 0 Å². The molecule has 0 aliphatic carbocycles. The lowest BCUT2D eigenvalue weighted by atomic mass is 10.1. The molecule has 3 N–H and O–H groups in total. The van der Waals surface area contributed by atoms with Crippen LogP contribution in [0.1, 0.15) is 23.1 Å². The molecule has 1 aromatic carbocycles. The normalized spacial score (nSPS) is 12.5. The van der Waals surface area contributed by atoms with Crippen LogP contribution < -0.4 is 11.3 Å². The highest BCUT2D eigenvalue weighted by atomic mass is 16.3. The summed E-state index contributed by atoms with van der Waals surface area (Å²) in [6, 6.07) is 13.6. The van der Waals surface area contributed by atoms with Gasteiger partial charge in [0.15, 0.2) is 0 Å². The van der Waals surface area contributed by atoms with E-state index in [4.69, 9.17) is 10.3 Å². The lowest BCUT2D eigenvalue weighted by Crippen LogP contribution is -2.30. The second-order valence-electron chi connectivity index (χ2n) is 4.54. The summed E-state index contributed by atoms with van der Waals surface area (Å²) >= 11 is 0. The first-order valence-corrected chi connectivity index (χ1v) is 6.40. The van der Waals surface area contributed by atoms with Crippen LogP contribution >= 0.6 is 0 Å². The number of nitrogens with one attached hydrogen (secondary N) is 1. The Morgan fingerprint density at radius 3 is 2.65 bits per heavy atom. The molecule has 0 fully saturated rings. The number of benzene rings is 1. The van der Waals surface area contributed by atoms with Crippen molar-refractivity contribution >= 4 is 0 Å². The molecule has 0 spiro atoms. The zero-order valence-corrected chi connectivity index (χ0v) is 11.2. The maximum Gasteiger partial charge on any atom is 0.105 e.